The highest BCUT2D eigenvalue weighted by molar-refractivity contribution is 5.96. The first-order valence-corrected chi connectivity index (χ1v) is 11.7. The SMILES string of the molecule is O=C(NCc1ccc(OCc2cccc(F)c2)cc1)[C@H]1Cc2ccccc2CN1C(=O)c1ccco1. The number of fused-ring (bicyclic) bond motifs is 1. The van der Waals surface area contributed by atoms with E-state index in [-0.39, 0.29) is 30.0 Å². The number of carbonyl (C=O) groups excluding carboxylic acids is 2. The quantitative estimate of drug-likeness (QED) is 0.406. The van der Waals surface area contributed by atoms with Gasteiger partial charge in [0.05, 0.1) is 6.26 Å². The number of nitrogens with zero attached hydrogens (tertiary/aromatic N) is 1. The summed E-state index contributed by atoms with van der Waals surface area (Å²) < 4.78 is 24.4. The van der Waals surface area contributed by atoms with Crippen molar-refractivity contribution in [2.75, 3.05) is 0 Å². The van der Waals surface area contributed by atoms with Crippen LogP contribution in [-0.4, -0.2) is 22.8 Å². The highest BCUT2D eigenvalue weighted by Gasteiger charge is 2.35. The summed E-state index contributed by atoms with van der Waals surface area (Å²) in [4.78, 5) is 27.9. The maximum Gasteiger partial charge on any atom is 0.290 e. The summed E-state index contributed by atoms with van der Waals surface area (Å²) in [5.41, 5.74) is 3.71. The average molecular weight is 485 g/mol. The summed E-state index contributed by atoms with van der Waals surface area (Å²) >= 11 is 0. The van der Waals surface area contributed by atoms with Gasteiger partial charge in [-0.2, -0.15) is 0 Å². The first kappa shape index (κ1) is 23.4. The van der Waals surface area contributed by atoms with Crippen LogP contribution in [-0.2, 0) is 30.9 Å². The lowest BCUT2D eigenvalue weighted by molar-refractivity contribution is -0.126. The molecule has 2 heterocycles. The smallest absolute Gasteiger partial charge is 0.290 e. The molecule has 0 radical (unpaired) electrons. The maximum atomic E-state index is 13.3. The van der Waals surface area contributed by atoms with Crippen molar-refractivity contribution < 1.29 is 23.1 Å². The third kappa shape index (κ3) is 5.30. The van der Waals surface area contributed by atoms with Crippen molar-refractivity contribution in [3.05, 3.63) is 125 Å². The molecule has 1 aliphatic rings. The normalized spacial score (nSPS) is 14.7. The molecule has 1 aliphatic heterocycles. The van der Waals surface area contributed by atoms with Crippen molar-refractivity contribution in [1.82, 2.24) is 10.2 Å². The Kier molecular flexibility index (Phi) is 6.80. The Balaban J connectivity index is 1.22. The molecule has 0 unspecified atom stereocenters. The Morgan fingerprint density at radius 1 is 0.944 bits per heavy atom. The lowest BCUT2D eigenvalue weighted by Crippen LogP contribution is -2.52. The second kappa shape index (κ2) is 10.5. The number of halogens is 1. The molecule has 0 saturated carbocycles. The van der Waals surface area contributed by atoms with Crippen LogP contribution in [0.25, 0.3) is 0 Å². The molecule has 182 valence electrons. The molecular formula is C29H25FN2O4. The minimum atomic E-state index is -0.647. The van der Waals surface area contributed by atoms with Gasteiger partial charge in [-0.15, -0.1) is 0 Å². The van der Waals surface area contributed by atoms with Gasteiger partial charge < -0.3 is 19.4 Å². The van der Waals surface area contributed by atoms with E-state index in [0.717, 1.165) is 22.3 Å². The molecule has 0 fully saturated rings. The van der Waals surface area contributed by atoms with Crippen molar-refractivity contribution in [3.63, 3.8) is 0 Å². The fraction of sp³-hybridized carbons (Fsp3) is 0.172. The fourth-order valence-electron chi connectivity index (χ4n) is 4.32. The van der Waals surface area contributed by atoms with Gasteiger partial charge in [0.2, 0.25) is 5.91 Å². The van der Waals surface area contributed by atoms with E-state index < -0.39 is 6.04 Å². The molecule has 3 aromatic carbocycles. The summed E-state index contributed by atoms with van der Waals surface area (Å²) in [5.74, 6) is 0.0211. The van der Waals surface area contributed by atoms with Gasteiger partial charge in [-0.3, -0.25) is 9.59 Å². The van der Waals surface area contributed by atoms with Crippen LogP contribution in [0.2, 0.25) is 0 Å². The van der Waals surface area contributed by atoms with Crippen molar-refractivity contribution in [3.8, 4) is 5.75 Å². The van der Waals surface area contributed by atoms with E-state index in [1.165, 1.54) is 18.4 Å². The average Bonchev–Trinajstić information content (AvgIpc) is 3.45. The van der Waals surface area contributed by atoms with Crippen LogP contribution in [0.15, 0.2) is 95.6 Å². The third-order valence-corrected chi connectivity index (χ3v) is 6.23. The predicted octanol–water partition coefficient (Wildman–Crippen LogP) is 4.88. The molecule has 6 nitrogen and oxygen atoms in total. The molecule has 2 amide bonds. The number of ether oxygens (including phenoxy) is 1. The van der Waals surface area contributed by atoms with Crippen LogP contribution < -0.4 is 10.1 Å². The number of furan rings is 1. The predicted molar refractivity (Wildman–Crippen MR) is 132 cm³/mol. The molecule has 0 saturated heterocycles. The molecule has 36 heavy (non-hydrogen) atoms. The number of hydrogen-bond acceptors (Lipinski definition) is 4. The summed E-state index contributed by atoms with van der Waals surface area (Å²) in [6, 6.07) is 24.1. The summed E-state index contributed by atoms with van der Waals surface area (Å²) in [7, 11) is 0. The number of carbonyl (C=O) groups is 2. The molecule has 0 aliphatic carbocycles. The van der Waals surface area contributed by atoms with Gasteiger partial charge in [0.1, 0.15) is 24.2 Å². The molecule has 1 atom stereocenters. The van der Waals surface area contributed by atoms with Gasteiger partial charge in [-0.05, 0) is 58.7 Å². The van der Waals surface area contributed by atoms with Crippen molar-refractivity contribution >= 4 is 11.8 Å². The first-order valence-electron chi connectivity index (χ1n) is 11.7. The number of hydrogen-bond donors (Lipinski definition) is 1. The van der Waals surface area contributed by atoms with Crippen LogP contribution in [0.3, 0.4) is 0 Å². The van der Waals surface area contributed by atoms with E-state index in [1.54, 1.807) is 29.2 Å². The highest BCUT2D eigenvalue weighted by Crippen LogP contribution is 2.25. The number of benzene rings is 3. The summed E-state index contributed by atoms with van der Waals surface area (Å²) in [5, 5.41) is 2.97. The standard InChI is InChI=1S/C29H25FN2O4/c30-24-8-3-5-21(15-24)19-36-25-12-10-20(11-13-25)17-31-28(33)26-16-22-6-1-2-7-23(22)18-32(26)29(34)27-9-4-14-35-27/h1-15,26H,16-19H2,(H,31,33)/t26-/m1/s1. The van der Waals surface area contributed by atoms with E-state index in [2.05, 4.69) is 5.32 Å². The molecular weight excluding hydrogens is 459 g/mol. The Bertz CT molecular complexity index is 1350. The van der Waals surface area contributed by atoms with Crippen LogP contribution in [0.1, 0.15) is 32.8 Å². The van der Waals surface area contributed by atoms with Crippen LogP contribution >= 0.6 is 0 Å². The zero-order chi connectivity index (χ0) is 24.9. The maximum absolute atomic E-state index is 13.3. The summed E-state index contributed by atoms with van der Waals surface area (Å²) in [6.07, 6.45) is 1.88. The topological polar surface area (TPSA) is 71.8 Å². The minimum absolute atomic E-state index is 0.209. The molecule has 0 spiro atoms. The van der Waals surface area contributed by atoms with Gasteiger partial charge in [0.25, 0.3) is 5.91 Å². The fourth-order valence-corrected chi connectivity index (χ4v) is 4.32. The second-order valence-corrected chi connectivity index (χ2v) is 8.68. The lowest BCUT2D eigenvalue weighted by Gasteiger charge is -2.35. The lowest BCUT2D eigenvalue weighted by atomic mass is 9.93. The van der Waals surface area contributed by atoms with Gasteiger partial charge in [0, 0.05) is 19.5 Å². The van der Waals surface area contributed by atoms with Crippen molar-refractivity contribution in [1.29, 1.82) is 0 Å². The van der Waals surface area contributed by atoms with E-state index in [9.17, 15) is 14.0 Å². The number of amides is 2. The molecule has 1 N–H and O–H groups in total. The Labute approximate surface area is 208 Å². The molecule has 1 aromatic heterocycles. The third-order valence-electron chi connectivity index (χ3n) is 6.23. The highest BCUT2D eigenvalue weighted by atomic mass is 19.1. The Hall–Kier alpha value is -4.39. The van der Waals surface area contributed by atoms with Crippen LogP contribution in [0.5, 0.6) is 5.75 Å². The van der Waals surface area contributed by atoms with Crippen molar-refractivity contribution in [2.45, 2.75) is 32.2 Å². The molecule has 4 aromatic rings. The van der Waals surface area contributed by atoms with E-state index in [0.29, 0.717) is 25.3 Å². The number of rotatable bonds is 7. The number of nitrogens with one attached hydrogen (secondary N) is 1. The van der Waals surface area contributed by atoms with Crippen LogP contribution in [0, 0.1) is 5.82 Å². The summed E-state index contributed by atoms with van der Waals surface area (Å²) in [6.45, 7) is 0.908. The minimum Gasteiger partial charge on any atom is -0.489 e. The second-order valence-electron chi connectivity index (χ2n) is 8.68. The van der Waals surface area contributed by atoms with E-state index in [4.69, 9.17) is 9.15 Å². The van der Waals surface area contributed by atoms with E-state index in [1.807, 2.05) is 48.5 Å². The monoisotopic (exact) mass is 484 g/mol. The van der Waals surface area contributed by atoms with Crippen molar-refractivity contribution in [2.24, 2.45) is 0 Å². The van der Waals surface area contributed by atoms with Gasteiger partial charge in [-0.25, -0.2) is 4.39 Å². The van der Waals surface area contributed by atoms with E-state index >= 15 is 0 Å². The Morgan fingerprint density at radius 3 is 2.50 bits per heavy atom. The molecule has 0 bridgehead atoms. The van der Waals surface area contributed by atoms with Crippen LogP contribution in [0.4, 0.5) is 4.39 Å². The van der Waals surface area contributed by atoms with Gasteiger partial charge in [-0.1, -0.05) is 48.5 Å². The Morgan fingerprint density at radius 2 is 1.75 bits per heavy atom. The molecule has 5 rings (SSSR count). The van der Waals surface area contributed by atoms with Gasteiger partial charge in [0.15, 0.2) is 5.76 Å². The molecule has 7 heteroatoms. The van der Waals surface area contributed by atoms with Gasteiger partial charge >= 0.3 is 0 Å². The largest absolute Gasteiger partial charge is 0.489 e. The zero-order valence-electron chi connectivity index (χ0n) is 19.5. The zero-order valence-corrected chi connectivity index (χ0v) is 19.5. The first-order chi connectivity index (χ1) is 17.6.